The second-order valence-corrected chi connectivity index (χ2v) is 9.97. The van der Waals surface area contributed by atoms with E-state index in [1.54, 1.807) is 0 Å². The molecule has 4 rings (SSSR count). The number of nitriles is 1. The van der Waals surface area contributed by atoms with Gasteiger partial charge in [0.05, 0.1) is 17.8 Å². The molecule has 1 aliphatic rings. The first kappa shape index (κ1) is 28.5. The smallest absolute Gasteiger partial charge is 0.410 e. The normalized spacial score (nSPS) is 16.1. The molecule has 1 unspecified atom stereocenters. The fourth-order valence-electron chi connectivity index (χ4n) is 3.35. The molecule has 1 atom stereocenters. The zero-order chi connectivity index (χ0) is 29.1. The molecular formula is C20H12ClF9N6O2S. The van der Waals surface area contributed by atoms with Gasteiger partial charge >= 0.3 is 18.5 Å². The second-order valence-electron chi connectivity index (χ2n) is 8.31. The van der Waals surface area contributed by atoms with Crippen LogP contribution < -0.4 is 10.1 Å². The minimum absolute atomic E-state index is 0.0103. The van der Waals surface area contributed by atoms with Crippen molar-refractivity contribution in [1.82, 2.24) is 24.9 Å². The van der Waals surface area contributed by atoms with E-state index in [0.29, 0.717) is 22.2 Å². The molecule has 210 valence electrons. The highest BCUT2D eigenvalue weighted by molar-refractivity contribution is 7.19. The fourth-order valence-corrected chi connectivity index (χ4v) is 4.60. The van der Waals surface area contributed by atoms with Crippen LogP contribution in [0.25, 0.3) is 16.3 Å². The Balaban J connectivity index is 1.69. The summed E-state index contributed by atoms with van der Waals surface area (Å²) in [5, 5.41) is 18.5. The van der Waals surface area contributed by atoms with Crippen LogP contribution in [0, 0.1) is 11.3 Å². The Hall–Kier alpha value is -3.46. The SMILES string of the molecule is Cn1nc(OC(F)(F)C(F)C(F)(F)F)c(C(F)(F)F)c1-n1cc(-c2cc(C(=O)NC3(C#N)CC3)c(Cl)s2)cn1. The van der Waals surface area contributed by atoms with Crippen LogP contribution >= 0.6 is 22.9 Å². The number of carbonyl (C=O) groups is 1. The molecule has 1 saturated carbocycles. The number of nitrogens with one attached hydrogen (secondary N) is 1. The molecule has 3 aromatic rings. The van der Waals surface area contributed by atoms with Crippen LogP contribution in [0.4, 0.5) is 39.5 Å². The predicted molar refractivity (Wildman–Crippen MR) is 115 cm³/mol. The van der Waals surface area contributed by atoms with Crippen molar-refractivity contribution in [3.8, 4) is 28.2 Å². The van der Waals surface area contributed by atoms with Crippen LogP contribution in [-0.2, 0) is 13.2 Å². The van der Waals surface area contributed by atoms with Crippen molar-refractivity contribution >= 4 is 28.8 Å². The van der Waals surface area contributed by atoms with Crippen molar-refractivity contribution in [2.75, 3.05) is 0 Å². The Morgan fingerprint density at radius 3 is 2.44 bits per heavy atom. The number of halogens is 10. The van der Waals surface area contributed by atoms with Gasteiger partial charge in [-0.3, -0.25) is 4.79 Å². The zero-order valence-electron chi connectivity index (χ0n) is 19.0. The van der Waals surface area contributed by atoms with E-state index in [9.17, 15) is 44.3 Å². The third-order valence-electron chi connectivity index (χ3n) is 5.42. The van der Waals surface area contributed by atoms with Crippen LogP contribution in [0.5, 0.6) is 5.88 Å². The first-order valence-corrected chi connectivity index (χ1v) is 11.6. The lowest BCUT2D eigenvalue weighted by atomic mass is 10.2. The summed E-state index contributed by atoms with van der Waals surface area (Å²) in [7, 11) is 0.834. The summed E-state index contributed by atoms with van der Waals surface area (Å²) >= 11 is 6.97. The van der Waals surface area contributed by atoms with Gasteiger partial charge in [-0.1, -0.05) is 11.6 Å². The van der Waals surface area contributed by atoms with Gasteiger partial charge in [0.15, 0.2) is 11.4 Å². The molecule has 0 aromatic carbocycles. The summed E-state index contributed by atoms with van der Waals surface area (Å²) in [5.41, 5.74) is -2.97. The molecule has 8 nitrogen and oxygen atoms in total. The number of hydrogen-bond acceptors (Lipinski definition) is 6. The standard InChI is InChI=1S/C20H12ClF9N6O2S/c1-35-15(11(18(23,24)25)14(34-35)38-20(29,30)16(22)19(26,27)28)36-6-8(5-32-36)10-4-9(12(21)39-10)13(37)33-17(7-31)2-3-17/h4-6,16H,2-3H2,1H3,(H,33,37). The molecule has 0 saturated heterocycles. The number of aromatic nitrogens is 4. The third kappa shape index (κ3) is 5.50. The van der Waals surface area contributed by atoms with E-state index in [0.717, 1.165) is 30.8 Å². The van der Waals surface area contributed by atoms with E-state index < -0.39 is 53.3 Å². The van der Waals surface area contributed by atoms with Crippen LogP contribution in [0.3, 0.4) is 0 Å². The molecule has 1 aliphatic carbocycles. The van der Waals surface area contributed by atoms with Gasteiger partial charge in [0.25, 0.3) is 18.0 Å². The van der Waals surface area contributed by atoms with Crippen molar-refractivity contribution in [3.05, 3.63) is 33.9 Å². The van der Waals surface area contributed by atoms with Gasteiger partial charge in [-0.25, -0.2) is 13.8 Å². The van der Waals surface area contributed by atoms with Crippen LogP contribution in [0.1, 0.15) is 28.8 Å². The lowest BCUT2D eigenvalue weighted by Crippen LogP contribution is -2.46. The molecule has 0 radical (unpaired) electrons. The lowest BCUT2D eigenvalue weighted by Gasteiger charge is -2.22. The molecule has 0 bridgehead atoms. The lowest BCUT2D eigenvalue weighted by molar-refractivity contribution is -0.306. The molecule has 39 heavy (non-hydrogen) atoms. The maximum absolute atomic E-state index is 13.8. The maximum atomic E-state index is 13.8. The number of hydrogen-bond donors (Lipinski definition) is 1. The van der Waals surface area contributed by atoms with Crippen LogP contribution in [-0.4, -0.2) is 49.5 Å². The number of ether oxygens (including phenoxy) is 1. The third-order valence-corrected chi connectivity index (χ3v) is 6.82. The van der Waals surface area contributed by atoms with Crippen molar-refractivity contribution in [2.45, 2.75) is 43.0 Å². The predicted octanol–water partition coefficient (Wildman–Crippen LogP) is 5.66. The molecule has 0 spiro atoms. The largest absolute Gasteiger partial charge is 0.440 e. The summed E-state index contributed by atoms with van der Waals surface area (Å²) in [6, 6.07) is 3.26. The van der Waals surface area contributed by atoms with Crippen molar-refractivity contribution in [3.63, 3.8) is 0 Å². The van der Waals surface area contributed by atoms with Gasteiger partial charge in [-0.05, 0) is 18.9 Å². The van der Waals surface area contributed by atoms with E-state index in [4.69, 9.17) is 16.9 Å². The van der Waals surface area contributed by atoms with Crippen molar-refractivity contribution in [2.24, 2.45) is 7.05 Å². The van der Waals surface area contributed by atoms with E-state index >= 15 is 0 Å². The Kier molecular flexibility index (Phi) is 6.83. The number of carbonyl (C=O) groups excluding carboxylic acids is 1. The molecule has 0 aliphatic heterocycles. The number of rotatable bonds is 7. The summed E-state index contributed by atoms with van der Waals surface area (Å²) in [6.07, 6.45) is -19.4. The first-order chi connectivity index (χ1) is 17.9. The zero-order valence-corrected chi connectivity index (χ0v) is 20.5. The molecular weight excluding hydrogens is 595 g/mol. The summed E-state index contributed by atoms with van der Waals surface area (Å²) < 4.78 is 124. The summed E-state index contributed by atoms with van der Waals surface area (Å²) in [4.78, 5) is 12.7. The van der Waals surface area contributed by atoms with E-state index in [1.165, 1.54) is 6.07 Å². The average molecular weight is 607 g/mol. The molecule has 3 aromatic heterocycles. The van der Waals surface area contributed by atoms with E-state index in [1.807, 2.05) is 6.07 Å². The highest BCUT2D eigenvalue weighted by atomic mass is 35.5. The van der Waals surface area contributed by atoms with Gasteiger partial charge in [0.1, 0.15) is 9.88 Å². The van der Waals surface area contributed by atoms with Gasteiger partial charge in [0.2, 0.25) is 0 Å². The van der Waals surface area contributed by atoms with Crippen molar-refractivity contribution < 1.29 is 49.0 Å². The monoisotopic (exact) mass is 606 g/mol. The molecule has 19 heteroatoms. The minimum Gasteiger partial charge on any atom is -0.410 e. The fraction of sp³-hybridized carbons (Fsp3) is 0.400. The first-order valence-electron chi connectivity index (χ1n) is 10.4. The summed E-state index contributed by atoms with van der Waals surface area (Å²) in [6.45, 7) is 0. The van der Waals surface area contributed by atoms with Crippen LogP contribution in [0.2, 0.25) is 4.34 Å². The minimum atomic E-state index is -6.14. The molecule has 1 N–H and O–H groups in total. The van der Waals surface area contributed by atoms with E-state index in [2.05, 4.69) is 20.3 Å². The maximum Gasteiger partial charge on any atom is 0.440 e. The molecule has 3 heterocycles. The summed E-state index contributed by atoms with van der Waals surface area (Å²) in [5.74, 6) is -3.72. The van der Waals surface area contributed by atoms with Gasteiger partial charge in [0, 0.05) is 23.7 Å². The number of alkyl halides is 9. The van der Waals surface area contributed by atoms with Gasteiger partial charge in [-0.15, -0.1) is 16.4 Å². The Morgan fingerprint density at radius 1 is 1.26 bits per heavy atom. The topological polar surface area (TPSA) is 97.8 Å². The highest BCUT2D eigenvalue weighted by Crippen LogP contribution is 2.44. The second kappa shape index (κ2) is 9.33. The van der Waals surface area contributed by atoms with E-state index in [-0.39, 0.29) is 20.3 Å². The molecule has 1 amide bonds. The number of aryl methyl sites for hydroxylation is 1. The number of thiophene rings is 1. The quantitative estimate of drug-likeness (QED) is 0.350. The van der Waals surface area contributed by atoms with Crippen LogP contribution in [0.15, 0.2) is 18.5 Å². The van der Waals surface area contributed by atoms with Crippen molar-refractivity contribution in [1.29, 1.82) is 5.26 Å². The van der Waals surface area contributed by atoms with Gasteiger partial charge in [-0.2, -0.15) is 45.5 Å². The van der Waals surface area contributed by atoms with Gasteiger partial charge < -0.3 is 10.1 Å². The highest BCUT2D eigenvalue weighted by Gasteiger charge is 2.60. The Bertz CT molecular complexity index is 1470. The Labute approximate surface area is 220 Å². The average Bonchev–Trinajstić information content (AvgIpc) is 3.11. The molecule has 1 fully saturated rings. The Morgan fingerprint density at radius 2 is 1.90 bits per heavy atom. The number of nitrogens with zero attached hydrogens (tertiary/aromatic N) is 5. The number of amides is 1.